The van der Waals surface area contributed by atoms with Crippen molar-refractivity contribution < 1.29 is 14.2 Å². The molecule has 0 N–H and O–H groups in total. The van der Waals surface area contributed by atoms with Crippen LogP contribution >= 0.6 is 0 Å². The SMILES string of the molecule is COc1nc(N2C[C@H]3C[C@@H]2CO3)cc(-n2ncc3cc(C)c(C4CCN(C5COC5)CC4)cc32)n1. The molecule has 6 heterocycles. The summed E-state index contributed by atoms with van der Waals surface area (Å²) in [5, 5.41) is 5.87. The molecule has 9 nitrogen and oxygen atoms in total. The van der Waals surface area contributed by atoms with E-state index in [0.29, 0.717) is 30.1 Å². The Morgan fingerprint density at radius 2 is 1.83 bits per heavy atom. The first-order valence-corrected chi connectivity index (χ1v) is 12.8. The minimum atomic E-state index is 0.295. The molecule has 7 rings (SSSR count). The van der Waals surface area contributed by atoms with E-state index in [1.54, 1.807) is 7.11 Å². The van der Waals surface area contributed by atoms with Gasteiger partial charge in [0.1, 0.15) is 5.82 Å². The van der Waals surface area contributed by atoms with Crippen LogP contribution in [0.3, 0.4) is 0 Å². The van der Waals surface area contributed by atoms with Gasteiger partial charge >= 0.3 is 6.01 Å². The average molecular weight is 477 g/mol. The maximum atomic E-state index is 5.79. The standard InChI is InChI=1S/C26H32N6O3/c1-16-7-18-11-27-32(23(18)9-22(16)17-3-5-30(6-4-17)20-13-34-14-20)25-10-24(28-26(29-25)33-2)31-12-21-8-19(31)15-35-21/h7,9-11,17,19-21H,3-6,8,12-15H2,1-2H3/t19-,21-/m1/s1. The van der Waals surface area contributed by atoms with Gasteiger partial charge in [0.2, 0.25) is 0 Å². The molecule has 2 bridgehead atoms. The zero-order chi connectivity index (χ0) is 23.5. The lowest BCUT2D eigenvalue weighted by molar-refractivity contribution is -0.0712. The number of methoxy groups -OCH3 is 1. The Morgan fingerprint density at radius 1 is 1.00 bits per heavy atom. The molecule has 184 valence electrons. The fourth-order valence-corrected chi connectivity index (χ4v) is 6.26. The van der Waals surface area contributed by atoms with E-state index in [0.717, 1.165) is 68.4 Å². The Morgan fingerprint density at radius 3 is 2.51 bits per heavy atom. The minimum Gasteiger partial charge on any atom is -0.467 e. The van der Waals surface area contributed by atoms with E-state index in [-0.39, 0.29) is 0 Å². The molecule has 0 spiro atoms. The highest BCUT2D eigenvalue weighted by molar-refractivity contribution is 5.82. The highest BCUT2D eigenvalue weighted by Gasteiger charge is 2.40. The second-order valence-electron chi connectivity index (χ2n) is 10.4. The van der Waals surface area contributed by atoms with Crippen molar-refractivity contribution in [1.29, 1.82) is 0 Å². The van der Waals surface area contributed by atoms with Crippen molar-refractivity contribution in [3.05, 3.63) is 35.5 Å². The molecule has 0 aliphatic carbocycles. The van der Waals surface area contributed by atoms with Crippen LogP contribution in [-0.4, -0.2) is 89.4 Å². The second-order valence-corrected chi connectivity index (χ2v) is 10.4. The molecule has 0 unspecified atom stereocenters. The Balaban J connectivity index is 1.22. The molecular weight excluding hydrogens is 444 g/mol. The normalized spacial score (nSPS) is 25.5. The number of morpholine rings is 1. The van der Waals surface area contributed by atoms with Gasteiger partial charge in [0.15, 0.2) is 5.82 Å². The largest absolute Gasteiger partial charge is 0.467 e. The van der Waals surface area contributed by atoms with Crippen LogP contribution < -0.4 is 9.64 Å². The molecule has 2 aromatic heterocycles. The summed E-state index contributed by atoms with van der Waals surface area (Å²) in [7, 11) is 1.62. The second kappa shape index (κ2) is 8.43. The van der Waals surface area contributed by atoms with Crippen LogP contribution in [0.5, 0.6) is 6.01 Å². The van der Waals surface area contributed by atoms with Crippen molar-refractivity contribution in [3.8, 4) is 11.8 Å². The van der Waals surface area contributed by atoms with Gasteiger partial charge in [0.25, 0.3) is 0 Å². The Hall–Kier alpha value is -2.75. The number of aromatic nitrogens is 4. The van der Waals surface area contributed by atoms with Crippen molar-refractivity contribution in [2.75, 3.05) is 51.5 Å². The van der Waals surface area contributed by atoms with E-state index in [1.807, 2.05) is 16.9 Å². The Labute approximate surface area is 205 Å². The molecule has 4 fully saturated rings. The lowest BCUT2D eigenvalue weighted by Gasteiger charge is -2.41. The van der Waals surface area contributed by atoms with Crippen molar-refractivity contribution in [2.24, 2.45) is 0 Å². The maximum absolute atomic E-state index is 5.79. The maximum Gasteiger partial charge on any atom is 0.320 e. The van der Waals surface area contributed by atoms with Crippen molar-refractivity contribution in [3.63, 3.8) is 0 Å². The summed E-state index contributed by atoms with van der Waals surface area (Å²) in [5.41, 5.74) is 3.86. The van der Waals surface area contributed by atoms with E-state index in [4.69, 9.17) is 19.3 Å². The molecule has 9 heteroatoms. The molecule has 4 aliphatic rings. The third-order valence-corrected chi connectivity index (χ3v) is 8.33. The van der Waals surface area contributed by atoms with E-state index in [2.05, 4.69) is 38.8 Å². The molecule has 2 atom stereocenters. The van der Waals surface area contributed by atoms with Gasteiger partial charge in [-0.25, -0.2) is 4.68 Å². The number of aryl methyl sites for hydroxylation is 1. The fraction of sp³-hybridized carbons (Fsp3) is 0.577. The van der Waals surface area contributed by atoms with Gasteiger partial charge in [-0.05, 0) is 68.5 Å². The van der Waals surface area contributed by atoms with Gasteiger partial charge in [-0.2, -0.15) is 15.1 Å². The van der Waals surface area contributed by atoms with Crippen LogP contribution in [0.1, 0.15) is 36.3 Å². The monoisotopic (exact) mass is 476 g/mol. The molecule has 4 aliphatic heterocycles. The van der Waals surface area contributed by atoms with Gasteiger partial charge in [0.05, 0.1) is 56.8 Å². The number of nitrogens with zero attached hydrogens (tertiary/aromatic N) is 6. The number of ether oxygens (including phenoxy) is 3. The summed E-state index contributed by atoms with van der Waals surface area (Å²) in [6.45, 7) is 7.92. The van der Waals surface area contributed by atoms with Crippen molar-refractivity contribution in [2.45, 2.75) is 50.3 Å². The van der Waals surface area contributed by atoms with Crippen LogP contribution in [0.2, 0.25) is 0 Å². The third-order valence-electron chi connectivity index (χ3n) is 8.33. The predicted octanol–water partition coefficient (Wildman–Crippen LogP) is 2.69. The molecule has 0 radical (unpaired) electrons. The summed E-state index contributed by atoms with van der Waals surface area (Å²) < 4.78 is 18.6. The zero-order valence-electron chi connectivity index (χ0n) is 20.4. The van der Waals surface area contributed by atoms with E-state index >= 15 is 0 Å². The highest BCUT2D eigenvalue weighted by atomic mass is 16.5. The predicted molar refractivity (Wildman–Crippen MR) is 132 cm³/mol. The minimum absolute atomic E-state index is 0.295. The van der Waals surface area contributed by atoms with E-state index in [1.165, 1.54) is 24.0 Å². The number of rotatable bonds is 5. The van der Waals surface area contributed by atoms with Gasteiger partial charge in [-0.3, -0.25) is 4.90 Å². The first-order chi connectivity index (χ1) is 17.2. The van der Waals surface area contributed by atoms with Crippen LogP contribution in [0.25, 0.3) is 16.7 Å². The summed E-state index contributed by atoms with van der Waals surface area (Å²) in [6, 6.07) is 8.01. The van der Waals surface area contributed by atoms with Crippen molar-refractivity contribution in [1.82, 2.24) is 24.6 Å². The summed E-state index contributed by atoms with van der Waals surface area (Å²) in [4.78, 5) is 14.3. The summed E-state index contributed by atoms with van der Waals surface area (Å²) >= 11 is 0. The fourth-order valence-electron chi connectivity index (χ4n) is 6.26. The summed E-state index contributed by atoms with van der Waals surface area (Å²) in [5.74, 6) is 2.18. The first kappa shape index (κ1) is 21.5. The van der Waals surface area contributed by atoms with Crippen LogP contribution in [0, 0.1) is 6.92 Å². The molecular formula is C26H32N6O3. The molecule has 1 aromatic carbocycles. The number of piperidine rings is 1. The van der Waals surface area contributed by atoms with E-state index in [9.17, 15) is 0 Å². The van der Waals surface area contributed by atoms with Crippen LogP contribution in [-0.2, 0) is 9.47 Å². The van der Waals surface area contributed by atoms with Crippen molar-refractivity contribution >= 4 is 16.7 Å². The number of hydrogen-bond acceptors (Lipinski definition) is 8. The number of likely N-dealkylation sites (tertiary alicyclic amines) is 1. The molecule has 3 aromatic rings. The molecule has 0 amide bonds. The molecule has 35 heavy (non-hydrogen) atoms. The Kier molecular flexibility index (Phi) is 5.18. The quantitative estimate of drug-likeness (QED) is 0.556. The van der Waals surface area contributed by atoms with E-state index < -0.39 is 0 Å². The number of fused-ring (bicyclic) bond motifs is 3. The smallest absolute Gasteiger partial charge is 0.320 e. The lowest BCUT2D eigenvalue weighted by Crippen LogP contribution is -2.51. The van der Waals surface area contributed by atoms with Gasteiger partial charge in [-0.1, -0.05) is 0 Å². The number of anilines is 1. The van der Waals surface area contributed by atoms with Gasteiger partial charge in [0, 0.05) is 18.0 Å². The summed E-state index contributed by atoms with van der Waals surface area (Å²) in [6.07, 6.45) is 5.65. The van der Waals surface area contributed by atoms with Gasteiger partial charge < -0.3 is 19.1 Å². The number of benzene rings is 1. The average Bonchev–Trinajstić information content (AvgIpc) is 3.58. The molecule has 0 saturated carbocycles. The lowest BCUT2D eigenvalue weighted by atomic mass is 9.85. The highest BCUT2D eigenvalue weighted by Crippen LogP contribution is 2.36. The topological polar surface area (TPSA) is 77.8 Å². The molecule has 4 saturated heterocycles. The first-order valence-electron chi connectivity index (χ1n) is 12.8. The van der Waals surface area contributed by atoms with Gasteiger partial charge in [-0.15, -0.1) is 0 Å². The van der Waals surface area contributed by atoms with Crippen LogP contribution in [0.4, 0.5) is 5.82 Å². The third kappa shape index (κ3) is 3.68. The van der Waals surface area contributed by atoms with Crippen LogP contribution in [0.15, 0.2) is 24.4 Å². The Bertz CT molecular complexity index is 1250. The number of hydrogen-bond donors (Lipinski definition) is 0. The zero-order valence-corrected chi connectivity index (χ0v) is 20.4.